The molecule has 9 nitrogen and oxygen atoms in total. The fourth-order valence-corrected chi connectivity index (χ4v) is 6.47. The van der Waals surface area contributed by atoms with Gasteiger partial charge in [0.05, 0.1) is 13.2 Å². The van der Waals surface area contributed by atoms with E-state index in [9.17, 15) is 9.59 Å². The number of carbonyl (C=O) groups excluding carboxylic acids is 2. The summed E-state index contributed by atoms with van der Waals surface area (Å²) in [5.41, 5.74) is 0. The van der Waals surface area contributed by atoms with E-state index in [4.69, 9.17) is 9.47 Å². The molecule has 9 heteroatoms. The summed E-state index contributed by atoms with van der Waals surface area (Å²) in [5, 5.41) is 0. The van der Waals surface area contributed by atoms with Gasteiger partial charge in [0, 0.05) is 71.4 Å². The normalized spacial score (nSPS) is 27.9. The standard InChI is InChI=1S/C27H49N5O4/c1-23-26(31-21-17-29(18-22-31)13-8-11-25(33)35-2)36-27(34)32(23)14-7-6-12-28-15-19-30(20-16-28)24-9-4-3-5-10-24/h23-24,26H,3-22H2,1-2H3. The molecule has 1 amide bonds. The van der Waals surface area contributed by atoms with Crippen molar-refractivity contribution in [2.45, 2.75) is 83.0 Å². The number of hydrogen-bond donors (Lipinski definition) is 0. The highest BCUT2D eigenvalue weighted by molar-refractivity contribution is 5.70. The van der Waals surface area contributed by atoms with Crippen molar-refractivity contribution >= 4 is 12.1 Å². The molecule has 0 radical (unpaired) electrons. The van der Waals surface area contributed by atoms with Gasteiger partial charge in [-0.05, 0) is 52.1 Å². The molecule has 4 aliphatic rings. The fraction of sp³-hybridized carbons (Fsp3) is 0.926. The summed E-state index contributed by atoms with van der Waals surface area (Å²) in [5.74, 6) is -0.141. The molecule has 4 rings (SSSR count). The van der Waals surface area contributed by atoms with Crippen molar-refractivity contribution in [1.29, 1.82) is 0 Å². The van der Waals surface area contributed by atoms with Crippen LogP contribution in [0.25, 0.3) is 0 Å². The zero-order chi connectivity index (χ0) is 25.3. The summed E-state index contributed by atoms with van der Waals surface area (Å²) in [6.45, 7) is 13.4. The first-order chi connectivity index (χ1) is 17.5. The summed E-state index contributed by atoms with van der Waals surface area (Å²) in [7, 11) is 1.44. The highest BCUT2D eigenvalue weighted by Crippen LogP contribution is 2.25. The average Bonchev–Trinajstić information content (AvgIpc) is 3.20. The van der Waals surface area contributed by atoms with Crippen molar-refractivity contribution in [2.75, 3.05) is 79.1 Å². The van der Waals surface area contributed by atoms with Crippen molar-refractivity contribution in [3.05, 3.63) is 0 Å². The average molecular weight is 508 g/mol. The maximum atomic E-state index is 12.6. The van der Waals surface area contributed by atoms with Gasteiger partial charge in [0.2, 0.25) is 0 Å². The Morgan fingerprint density at radius 2 is 1.42 bits per heavy atom. The maximum Gasteiger partial charge on any atom is 0.411 e. The molecule has 2 unspecified atom stereocenters. The minimum Gasteiger partial charge on any atom is -0.469 e. The molecule has 0 bridgehead atoms. The first-order valence-electron chi connectivity index (χ1n) is 14.5. The Morgan fingerprint density at radius 1 is 0.833 bits per heavy atom. The van der Waals surface area contributed by atoms with E-state index in [1.165, 1.54) is 65.4 Å². The Hall–Kier alpha value is -1.42. The molecule has 0 aromatic heterocycles. The first kappa shape index (κ1) is 27.6. The number of ether oxygens (including phenoxy) is 2. The van der Waals surface area contributed by atoms with Gasteiger partial charge in [-0.25, -0.2) is 4.79 Å². The van der Waals surface area contributed by atoms with E-state index >= 15 is 0 Å². The molecule has 1 saturated carbocycles. The summed E-state index contributed by atoms with van der Waals surface area (Å²) >= 11 is 0. The van der Waals surface area contributed by atoms with E-state index < -0.39 is 0 Å². The van der Waals surface area contributed by atoms with Crippen LogP contribution in [-0.4, -0.2) is 134 Å². The van der Waals surface area contributed by atoms with Crippen LogP contribution in [0.2, 0.25) is 0 Å². The van der Waals surface area contributed by atoms with Gasteiger partial charge in [0.15, 0.2) is 6.23 Å². The van der Waals surface area contributed by atoms with Crippen LogP contribution in [0.3, 0.4) is 0 Å². The number of unbranched alkanes of at least 4 members (excludes halogenated alkanes) is 1. The third-order valence-corrected chi connectivity index (χ3v) is 8.83. The molecule has 3 aliphatic heterocycles. The van der Waals surface area contributed by atoms with E-state index in [1.54, 1.807) is 0 Å². The number of methoxy groups -OCH3 is 1. The minimum absolute atomic E-state index is 0.0856. The summed E-state index contributed by atoms with van der Waals surface area (Å²) < 4.78 is 10.5. The lowest BCUT2D eigenvalue weighted by molar-refractivity contribution is -0.140. The van der Waals surface area contributed by atoms with Crippen LogP contribution in [0.5, 0.6) is 0 Å². The molecule has 2 atom stereocenters. The van der Waals surface area contributed by atoms with Gasteiger partial charge in [0.1, 0.15) is 0 Å². The molecule has 0 spiro atoms. The molecule has 36 heavy (non-hydrogen) atoms. The lowest BCUT2D eigenvalue weighted by Gasteiger charge is -2.40. The predicted octanol–water partition coefficient (Wildman–Crippen LogP) is 2.45. The maximum absolute atomic E-state index is 12.6. The highest BCUT2D eigenvalue weighted by Gasteiger charge is 2.42. The third kappa shape index (κ3) is 7.55. The second-order valence-electron chi connectivity index (χ2n) is 11.1. The highest BCUT2D eigenvalue weighted by atomic mass is 16.6. The SMILES string of the molecule is COC(=O)CCCN1CCN(C2OC(=O)N(CCCCN3CCN(C4CCCCC4)CC3)C2C)CC1. The molecule has 3 heterocycles. The Balaban J connectivity index is 1.09. The van der Waals surface area contributed by atoms with E-state index in [0.717, 1.165) is 71.1 Å². The molecule has 3 saturated heterocycles. The first-order valence-corrected chi connectivity index (χ1v) is 14.5. The van der Waals surface area contributed by atoms with E-state index in [1.807, 2.05) is 4.90 Å². The van der Waals surface area contributed by atoms with Gasteiger partial charge in [-0.1, -0.05) is 19.3 Å². The second kappa shape index (κ2) is 13.9. The van der Waals surface area contributed by atoms with Gasteiger partial charge in [-0.15, -0.1) is 0 Å². The molecule has 206 valence electrons. The van der Waals surface area contributed by atoms with E-state index in [2.05, 4.69) is 26.5 Å². The van der Waals surface area contributed by atoms with Gasteiger partial charge in [0.25, 0.3) is 0 Å². The summed E-state index contributed by atoms with van der Waals surface area (Å²) in [6, 6.07) is 0.925. The van der Waals surface area contributed by atoms with Crippen molar-refractivity contribution in [3.8, 4) is 0 Å². The van der Waals surface area contributed by atoms with Crippen molar-refractivity contribution < 1.29 is 19.1 Å². The Labute approximate surface area is 218 Å². The Morgan fingerprint density at radius 3 is 2.06 bits per heavy atom. The number of cyclic esters (lactones) is 1. The van der Waals surface area contributed by atoms with Crippen LogP contribution in [0.4, 0.5) is 4.79 Å². The molecule has 0 N–H and O–H groups in total. The monoisotopic (exact) mass is 507 g/mol. The molecular weight excluding hydrogens is 458 g/mol. The largest absolute Gasteiger partial charge is 0.469 e. The molecule has 4 fully saturated rings. The molecule has 0 aromatic carbocycles. The third-order valence-electron chi connectivity index (χ3n) is 8.83. The summed E-state index contributed by atoms with van der Waals surface area (Å²) in [6.07, 6.45) is 10.2. The van der Waals surface area contributed by atoms with Crippen molar-refractivity contribution in [1.82, 2.24) is 24.5 Å². The molecule has 0 aromatic rings. The predicted molar refractivity (Wildman–Crippen MR) is 140 cm³/mol. The van der Waals surface area contributed by atoms with Gasteiger partial charge < -0.3 is 24.2 Å². The van der Waals surface area contributed by atoms with Crippen LogP contribution in [0.1, 0.15) is 64.7 Å². The quantitative estimate of drug-likeness (QED) is 0.312. The number of rotatable bonds is 11. The van der Waals surface area contributed by atoms with Crippen molar-refractivity contribution in [3.63, 3.8) is 0 Å². The molecular formula is C27H49N5O4. The number of amides is 1. The van der Waals surface area contributed by atoms with Crippen LogP contribution in [0.15, 0.2) is 0 Å². The van der Waals surface area contributed by atoms with E-state index in [0.29, 0.717) is 6.42 Å². The van der Waals surface area contributed by atoms with Crippen LogP contribution in [0, 0.1) is 0 Å². The van der Waals surface area contributed by atoms with Gasteiger partial charge in [-0.2, -0.15) is 0 Å². The van der Waals surface area contributed by atoms with Gasteiger partial charge >= 0.3 is 12.1 Å². The Bertz CT molecular complexity index is 688. The number of esters is 1. The second-order valence-corrected chi connectivity index (χ2v) is 11.1. The zero-order valence-corrected chi connectivity index (χ0v) is 22.7. The lowest BCUT2D eigenvalue weighted by atomic mass is 9.94. The van der Waals surface area contributed by atoms with Crippen molar-refractivity contribution in [2.24, 2.45) is 0 Å². The smallest absolute Gasteiger partial charge is 0.411 e. The number of piperazine rings is 2. The van der Waals surface area contributed by atoms with Crippen LogP contribution in [-0.2, 0) is 14.3 Å². The number of carbonyl (C=O) groups is 2. The molecule has 1 aliphatic carbocycles. The lowest BCUT2D eigenvalue weighted by Crippen LogP contribution is -2.53. The van der Waals surface area contributed by atoms with Gasteiger partial charge in [-0.3, -0.25) is 14.6 Å². The fourth-order valence-electron chi connectivity index (χ4n) is 6.47. The minimum atomic E-state index is -0.158. The zero-order valence-electron chi connectivity index (χ0n) is 22.7. The topological polar surface area (TPSA) is 68.8 Å². The van der Waals surface area contributed by atoms with Crippen LogP contribution >= 0.6 is 0 Å². The van der Waals surface area contributed by atoms with Crippen LogP contribution < -0.4 is 0 Å². The summed E-state index contributed by atoms with van der Waals surface area (Å²) in [4.78, 5) is 35.9. The number of nitrogens with zero attached hydrogens (tertiary/aromatic N) is 5. The Kier molecular flexibility index (Phi) is 10.7. The number of hydrogen-bond acceptors (Lipinski definition) is 8. The van der Waals surface area contributed by atoms with E-state index in [-0.39, 0.29) is 24.3 Å².